The molecule has 0 amide bonds. The predicted octanol–water partition coefficient (Wildman–Crippen LogP) is 2.92. The summed E-state index contributed by atoms with van der Waals surface area (Å²) in [5, 5.41) is 0. The van der Waals surface area contributed by atoms with E-state index in [0.717, 1.165) is 43.6 Å². The molecule has 1 heterocycles. The molecule has 0 saturated heterocycles. The molecule has 0 spiro atoms. The summed E-state index contributed by atoms with van der Waals surface area (Å²) in [6.07, 6.45) is 7.45. The van der Waals surface area contributed by atoms with Crippen molar-refractivity contribution < 1.29 is 4.74 Å². The summed E-state index contributed by atoms with van der Waals surface area (Å²) in [6, 6.07) is 1.58. The van der Waals surface area contributed by atoms with Crippen LogP contribution in [-0.4, -0.2) is 16.6 Å². The van der Waals surface area contributed by atoms with Crippen molar-refractivity contribution in [3.05, 3.63) is 27.9 Å². The van der Waals surface area contributed by atoms with Gasteiger partial charge in [-0.2, -0.15) is 0 Å². The number of nitrogens with zero attached hydrogens (tertiary/aromatic N) is 1. The van der Waals surface area contributed by atoms with Crippen LogP contribution in [0.3, 0.4) is 0 Å². The Morgan fingerprint density at radius 3 is 2.53 bits per heavy atom. The van der Waals surface area contributed by atoms with E-state index in [2.05, 4.69) is 9.97 Å². The Kier molecular flexibility index (Phi) is 4.75. The van der Waals surface area contributed by atoms with E-state index in [-0.39, 0.29) is 11.2 Å². The minimum Gasteiger partial charge on any atom is -0.367 e. The molecule has 1 aromatic rings. The maximum atomic E-state index is 11.8. The van der Waals surface area contributed by atoms with E-state index >= 15 is 0 Å². The Bertz CT molecular complexity index is 459. The monoisotopic (exact) mass is 264 g/mol. The lowest BCUT2D eigenvalue weighted by Crippen LogP contribution is -2.34. The van der Waals surface area contributed by atoms with Crippen LogP contribution in [-0.2, 0) is 16.8 Å². The Labute approximate surface area is 114 Å². The zero-order valence-electron chi connectivity index (χ0n) is 12.0. The molecule has 0 bridgehead atoms. The molecule has 0 radical (unpaired) electrons. The molecule has 106 valence electrons. The van der Waals surface area contributed by atoms with Gasteiger partial charge in [0.15, 0.2) is 0 Å². The molecule has 0 aromatic carbocycles. The first-order valence-corrected chi connectivity index (χ1v) is 7.45. The third-order valence-corrected chi connectivity index (χ3v) is 3.92. The van der Waals surface area contributed by atoms with E-state index in [9.17, 15) is 4.79 Å². The lowest BCUT2D eigenvalue weighted by molar-refractivity contribution is -0.0627. The van der Waals surface area contributed by atoms with Crippen molar-refractivity contribution in [1.82, 2.24) is 9.97 Å². The zero-order valence-corrected chi connectivity index (χ0v) is 12.0. The van der Waals surface area contributed by atoms with E-state index < -0.39 is 0 Å². The van der Waals surface area contributed by atoms with Crippen molar-refractivity contribution in [2.45, 2.75) is 64.4 Å². The number of nitrogens with one attached hydrogen (secondary N) is 1. The third-order valence-electron chi connectivity index (χ3n) is 3.92. The fraction of sp³-hybridized carbons (Fsp3) is 0.733. The van der Waals surface area contributed by atoms with E-state index in [4.69, 9.17) is 4.74 Å². The van der Waals surface area contributed by atoms with Crippen molar-refractivity contribution in [3.63, 3.8) is 0 Å². The van der Waals surface area contributed by atoms with Crippen LogP contribution in [0.25, 0.3) is 0 Å². The molecule has 0 aliphatic heterocycles. The van der Waals surface area contributed by atoms with Crippen LogP contribution < -0.4 is 5.56 Å². The van der Waals surface area contributed by atoms with Gasteiger partial charge in [-0.3, -0.25) is 4.79 Å². The highest BCUT2D eigenvalue weighted by atomic mass is 16.5. The smallest absolute Gasteiger partial charge is 0.251 e. The van der Waals surface area contributed by atoms with Gasteiger partial charge in [-0.15, -0.1) is 0 Å². The van der Waals surface area contributed by atoms with Crippen molar-refractivity contribution in [2.75, 3.05) is 6.61 Å². The molecule has 1 fully saturated rings. The van der Waals surface area contributed by atoms with E-state index in [1.165, 1.54) is 12.8 Å². The van der Waals surface area contributed by atoms with Crippen LogP contribution in [0.15, 0.2) is 10.9 Å². The largest absolute Gasteiger partial charge is 0.367 e. The fourth-order valence-corrected chi connectivity index (χ4v) is 2.93. The first-order chi connectivity index (χ1) is 9.20. The number of aryl methyl sites for hydroxylation is 1. The molecule has 1 saturated carbocycles. The van der Waals surface area contributed by atoms with Gasteiger partial charge in [0.1, 0.15) is 11.4 Å². The topological polar surface area (TPSA) is 55.0 Å². The number of aromatic nitrogens is 2. The summed E-state index contributed by atoms with van der Waals surface area (Å²) in [4.78, 5) is 19.3. The SMILES string of the molecule is CCOC1(c2nc(CC)cc(=O)[nH]2)CCCCCC1. The second-order valence-electron chi connectivity index (χ2n) is 5.28. The molecule has 0 unspecified atom stereocenters. The van der Waals surface area contributed by atoms with Gasteiger partial charge in [-0.25, -0.2) is 4.98 Å². The van der Waals surface area contributed by atoms with Gasteiger partial charge in [-0.1, -0.05) is 32.6 Å². The lowest BCUT2D eigenvalue weighted by Gasteiger charge is -2.31. The summed E-state index contributed by atoms with van der Waals surface area (Å²) >= 11 is 0. The van der Waals surface area contributed by atoms with Crippen LogP contribution in [0.5, 0.6) is 0 Å². The summed E-state index contributed by atoms with van der Waals surface area (Å²) in [5.74, 6) is 0.737. The maximum absolute atomic E-state index is 11.8. The molecular formula is C15H24N2O2. The highest BCUT2D eigenvalue weighted by Gasteiger charge is 2.36. The van der Waals surface area contributed by atoms with Gasteiger partial charge >= 0.3 is 0 Å². The molecule has 19 heavy (non-hydrogen) atoms. The number of rotatable bonds is 4. The highest BCUT2D eigenvalue weighted by molar-refractivity contribution is 5.09. The molecule has 1 aliphatic carbocycles. The van der Waals surface area contributed by atoms with Gasteiger partial charge in [0.2, 0.25) is 0 Å². The molecule has 1 aliphatic rings. The van der Waals surface area contributed by atoms with E-state index in [1.807, 2.05) is 13.8 Å². The second-order valence-corrected chi connectivity index (χ2v) is 5.28. The summed E-state index contributed by atoms with van der Waals surface area (Å²) < 4.78 is 6.06. The first-order valence-electron chi connectivity index (χ1n) is 7.45. The minimum absolute atomic E-state index is 0.0647. The van der Waals surface area contributed by atoms with Crippen LogP contribution in [0, 0.1) is 0 Å². The first kappa shape index (κ1) is 14.3. The van der Waals surface area contributed by atoms with Gasteiger partial charge in [0.05, 0.1) is 0 Å². The van der Waals surface area contributed by atoms with Crippen LogP contribution >= 0.6 is 0 Å². The number of hydrogen-bond donors (Lipinski definition) is 1. The standard InChI is InChI=1S/C15H24N2O2/c1-3-12-11-13(18)17-14(16-12)15(19-4-2)9-7-5-6-8-10-15/h11H,3-10H2,1-2H3,(H,16,17,18). The quantitative estimate of drug-likeness (QED) is 0.851. The van der Waals surface area contributed by atoms with Gasteiger partial charge in [0.25, 0.3) is 5.56 Å². The van der Waals surface area contributed by atoms with Crippen molar-refractivity contribution in [1.29, 1.82) is 0 Å². The van der Waals surface area contributed by atoms with Crippen LogP contribution in [0.2, 0.25) is 0 Å². The molecule has 2 rings (SSSR count). The van der Waals surface area contributed by atoms with Gasteiger partial charge in [-0.05, 0) is 26.2 Å². The molecule has 4 nitrogen and oxygen atoms in total. The van der Waals surface area contributed by atoms with Crippen molar-refractivity contribution in [2.24, 2.45) is 0 Å². The predicted molar refractivity (Wildman–Crippen MR) is 75.2 cm³/mol. The Morgan fingerprint density at radius 2 is 1.95 bits per heavy atom. The summed E-state index contributed by atoms with van der Waals surface area (Å²) in [7, 11) is 0. The van der Waals surface area contributed by atoms with Crippen LogP contribution in [0.4, 0.5) is 0 Å². The molecular weight excluding hydrogens is 240 g/mol. The zero-order chi connectivity index (χ0) is 13.7. The highest BCUT2D eigenvalue weighted by Crippen LogP contribution is 2.37. The maximum Gasteiger partial charge on any atom is 0.251 e. The number of hydrogen-bond acceptors (Lipinski definition) is 3. The number of H-pyrrole nitrogens is 1. The van der Waals surface area contributed by atoms with Gasteiger partial charge in [0, 0.05) is 18.4 Å². The Hall–Kier alpha value is -1.16. The Balaban J connectivity index is 2.42. The summed E-state index contributed by atoms with van der Waals surface area (Å²) in [5.41, 5.74) is 0.405. The van der Waals surface area contributed by atoms with Crippen molar-refractivity contribution in [3.8, 4) is 0 Å². The third kappa shape index (κ3) is 3.24. The van der Waals surface area contributed by atoms with E-state index in [0.29, 0.717) is 6.61 Å². The van der Waals surface area contributed by atoms with E-state index in [1.54, 1.807) is 6.07 Å². The molecule has 4 heteroatoms. The normalized spacial score (nSPS) is 19.1. The average Bonchev–Trinajstić information content (AvgIpc) is 2.65. The summed E-state index contributed by atoms with van der Waals surface area (Å²) in [6.45, 7) is 4.68. The van der Waals surface area contributed by atoms with Gasteiger partial charge < -0.3 is 9.72 Å². The fourth-order valence-electron chi connectivity index (χ4n) is 2.93. The van der Waals surface area contributed by atoms with Crippen LogP contribution in [0.1, 0.15) is 63.9 Å². The second kappa shape index (κ2) is 6.33. The van der Waals surface area contributed by atoms with Crippen molar-refractivity contribution >= 4 is 0 Å². The number of ether oxygens (including phenoxy) is 1. The Morgan fingerprint density at radius 1 is 1.26 bits per heavy atom. The molecule has 1 N–H and O–H groups in total. The number of aromatic amines is 1. The molecule has 0 atom stereocenters. The lowest BCUT2D eigenvalue weighted by atomic mass is 9.93. The minimum atomic E-state index is -0.379. The molecule has 1 aromatic heterocycles. The average molecular weight is 264 g/mol.